The molecular weight excluding hydrogens is 328 g/mol. The molecule has 7 nitrogen and oxygen atoms in total. The lowest BCUT2D eigenvalue weighted by atomic mass is 10.1. The summed E-state index contributed by atoms with van der Waals surface area (Å²) in [6.45, 7) is 5.31. The van der Waals surface area contributed by atoms with Crippen molar-refractivity contribution in [2.75, 3.05) is 51.0 Å². The standard InChI is InChI=1S/C19H28N6O/c1-20-18-7-8-22-19(24-18)23-16-5-6-17(26-2)15(13-16)14-21-9-12-25-10-3-4-11-25/h5-8,13,21H,3-4,9-12,14H2,1-2H3,(H2,20,22,23,24). The summed E-state index contributed by atoms with van der Waals surface area (Å²) < 4.78 is 5.50. The molecule has 3 rings (SSSR count). The van der Waals surface area contributed by atoms with E-state index in [0.717, 1.165) is 42.5 Å². The number of hydrogen-bond acceptors (Lipinski definition) is 7. The second-order valence-corrected chi connectivity index (χ2v) is 6.39. The van der Waals surface area contributed by atoms with Crippen molar-refractivity contribution in [2.45, 2.75) is 19.4 Å². The topological polar surface area (TPSA) is 74.3 Å². The van der Waals surface area contributed by atoms with Crippen molar-refractivity contribution in [1.29, 1.82) is 0 Å². The number of hydrogen-bond donors (Lipinski definition) is 3. The molecule has 2 heterocycles. The fourth-order valence-electron chi connectivity index (χ4n) is 3.15. The number of likely N-dealkylation sites (tertiary alicyclic amines) is 1. The zero-order valence-corrected chi connectivity index (χ0v) is 15.6. The van der Waals surface area contributed by atoms with E-state index in [4.69, 9.17) is 4.74 Å². The lowest BCUT2D eigenvalue weighted by Gasteiger charge is -2.16. The van der Waals surface area contributed by atoms with Gasteiger partial charge >= 0.3 is 0 Å². The molecule has 1 aliphatic heterocycles. The Balaban J connectivity index is 1.59. The van der Waals surface area contributed by atoms with Gasteiger partial charge < -0.3 is 25.6 Å². The molecule has 0 radical (unpaired) electrons. The van der Waals surface area contributed by atoms with Crippen molar-refractivity contribution in [3.05, 3.63) is 36.0 Å². The van der Waals surface area contributed by atoms with Crippen molar-refractivity contribution >= 4 is 17.5 Å². The van der Waals surface area contributed by atoms with Gasteiger partial charge in [0, 0.05) is 44.1 Å². The van der Waals surface area contributed by atoms with Crippen molar-refractivity contribution in [3.63, 3.8) is 0 Å². The Kier molecular flexibility index (Phi) is 6.62. The number of aromatic nitrogens is 2. The highest BCUT2D eigenvalue weighted by Crippen LogP contribution is 2.24. The molecule has 1 fully saturated rings. The van der Waals surface area contributed by atoms with E-state index in [1.807, 2.05) is 25.2 Å². The molecule has 3 N–H and O–H groups in total. The summed E-state index contributed by atoms with van der Waals surface area (Å²) in [5.41, 5.74) is 2.05. The second-order valence-electron chi connectivity index (χ2n) is 6.39. The van der Waals surface area contributed by atoms with E-state index in [-0.39, 0.29) is 0 Å². The minimum Gasteiger partial charge on any atom is -0.496 e. The minimum atomic E-state index is 0.565. The SMILES string of the molecule is CNc1ccnc(Nc2ccc(OC)c(CNCCN3CCCC3)c2)n1. The molecule has 0 spiro atoms. The number of rotatable bonds is 9. The third kappa shape index (κ3) is 5.06. The van der Waals surface area contributed by atoms with E-state index in [1.54, 1.807) is 13.3 Å². The van der Waals surface area contributed by atoms with Crippen LogP contribution in [0, 0.1) is 0 Å². The number of ether oxygens (including phenoxy) is 1. The Hall–Kier alpha value is -2.38. The van der Waals surface area contributed by atoms with E-state index in [9.17, 15) is 0 Å². The van der Waals surface area contributed by atoms with Crippen LogP contribution in [0.25, 0.3) is 0 Å². The summed E-state index contributed by atoms with van der Waals surface area (Å²) in [7, 11) is 3.54. The van der Waals surface area contributed by atoms with Gasteiger partial charge in [0.25, 0.3) is 0 Å². The quantitative estimate of drug-likeness (QED) is 0.596. The molecular formula is C19H28N6O. The average Bonchev–Trinajstić information content (AvgIpc) is 3.19. The second kappa shape index (κ2) is 9.35. The highest BCUT2D eigenvalue weighted by molar-refractivity contribution is 5.58. The normalized spacial score (nSPS) is 14.4. The summed E-state index contributed by atoms with van der Waals surface area (Å²) in [5, 5.41) is 9.79. The van der Waals surface area contributed by atoms with Crippen molar-refractivity contribution in [2.24, 2.45) is 0 Å². The Labute approximate surface area is 155 Å². The van der Waals surface area contributed by atoms with Crippen LogP contribution in [0.3, 0.4) is 0 Å². The fraction of sp³-hybridized carbons (Fsp3) is 0.474. The molecule has 1 saturated heterocycles. The molecule has 1 aliphatic rings. The molecule has 2 aromatic rings. The van der Waals surface area contributed by atoms with Crippen molar-refractivity contribution < 1.29 is 4.74 Å². The van der Waals surface area contributed by atoms with Crippen LogP contribution < -0.4 is 20.7 Å². The molecule has 7 heteroatoms. The van der Waals surface area contributed by atoms with Crippen LogP contribution in [0.5, 0.6) is 5.75 Å². The van der Waals surface area contributed by atoms with E-state index >= 15 is 0 Å². The van der Waals surface area contributed by atoms with Gasteiger partial charge in [0.2, 0.25) is 5.95 Å². The van der Waals surface area contributed by atoms with E-state index in [1.165, 1.54) is 25.9 Å². The molecule has 0 aliphatic carbocycles. The Morgan fingerprint density at radius 3 is 2.81 bits per heavy atom. The summed E-state index contributed by atoms with van der Waals surface area (Å²) in [6.07, 6.45) is 4.39. The van der Waals surface area contributed by atoms with Crippen LogP contribution in [-0.4, -0.2) is 55.2 Å². The summed E-state index contributed by atoms with van der Waals surface area (Å²) in [5.74, 6) is 2.23. The molecule has 0 bridgehead atoms. The van der Waals surface area contributed by atoms with Crippen LogP contribution in [0.4, 0.5) is 17.5 Å². The molecule has 0 amide bonds. The van der Waals surface area contributed by atoms with Crippen LogP contribution >= 0.6 is 0 Å². The van der Waals surface area contributed by atoms with Gasteiger partial charge in [-0.1, -0.05) is 0 Å². The molecule has 0 atom stereocenters. The van der Waals surface area contributed by atoms with Crippen LogP contribution in [0.15, 0.2) is 30.5 Å². The first-order valence-corrected chi connectivity index (χ1v) is 9.16. The predicted molar refractivity (Wildman–Crippen MR) is 105 cm³/mol. The number of anilines is 3. The molecule has 1 aromatic heterocycles. The first-order chi connectivity index (χ1) is 12.8. The Morgan fingerprint density at radius 1 is 1.19 bits per heavy atom. The summed E-state index contributed by atoms with van der Waals surface area (Å²) in [4.78, 5) is 11.2. The zero-order chi connectivity index (χ0) is 18.2. The lowest BCUT2D eigenvalue weighted by Crippen LogP contribution is -2.29. The maximum atomic E-state index is 5.50. The fourth-order valence-corrected chi connectivity index (χ4v) is 3.15. The van der Waals surface area contributed by atoms with Crippen molar-refractivity contribution in [3.8, 4) is 5.75 Å². The van der Waals surface area contributed by atoms with Gasteiger partial charge in [-0.2, -0.15) is 4.98 Å². The number of benzene rings is 1. The molecule has 140 valence electrons. The van der Waals surface area contributed by atoms with Crippen LogP contribution in [-0.2, 0) is 6.54 Å². The number of methoxy groups -OCH3 is 1. The van der Waals surface area contributed by atoms with E-state index in [0.29, 0.717) is 5.95 Å². The Bertz CT molecular complexity index is 702. The predicted octanol–water partition coefficient (Wildman–Crippen LogP) is 2.46. The molecule has 0 saturated carbocycles. The van der Waals surface area contributed by atoms with E-state index in [2.05, 4.69) is 36.9 Å². The van der Waals surface area contributed by atoms with Gasteiger partial charge in [-0.05, 0) is 50.2 Å². The molecule has 1 aromatic carbocycles. The highest BCUT2D eigenvalue weighted by atomic mass is 16.5. The minimum absolute atomic E-state index is 0.565. The maximum Gasteiger partial charge on any atom is 0.229 e. The number of nitrogens with one attached hydrogen (secondary N) is 3. The van der Waals surface area contributed by atoms with Crippen LogP contribution in [0.1, 0.15) is 18.4 Å². The lowest BCUT2D eigenvalue weighted by molar-refractivity contribution is 0.335. The molecule has 26 heavy (non-hydrogen) atoms. The average molecular weight is 356 g/mol. The summed E-state index contributed by atoms with van der Waals surface area (Å²) >= 11 is 0. The van der Waals surface area contributed by atoms with Crippen molar-refractivity contribution in [1.82, 2.24) is 20.2 Å². The van der Waals surface area contributed by atoms with Gasteiger partial charge in [0.15, 0.2) is 0 Å². The van der Waals surface area contributed by atoms with Gasteiger partial charge in [-0.3, -0.25) is 0 Å². The Morgan fingerprint density at radius 2 is 2.04 bits per heavy atom. The first-order valence-electron chi connectivity index (χ1n) is 9.16. The van der Waals surface area contributed by atoms with Gasteiger partial charge in [-0.15, -0.1) is 0 Å². The zero-order valence-electron chi connectivity index (χ0n) is 15.6. The molecule has 0 unspecified atom stereocenters. The third-order valence-corrected chi connectivity index (χ3v) is 4.57. The van der Waals surface area contributed by atoms with Gasteiger partial charge in [0.1, 0.15) is 11.6 Å². The van der Waals surface area contributed by atoms with E-state index < -0.39 is 0 Å². The monoisotopic (exact) mass is 356 g/mol. The first kappa shape index (κ1) is 18.4. The van der Waals surface area contributed by atoms with Gasteiger partial charge in [0.05, 0.1) is 7.11 Å². The summed E-state index contributed by atoms with van der Waals surface area (Å²) in [6, 6.07) is 7.86. The smallest absolute Gasteiger partial charge is 0.229 e. The number of nitrogens with zero attached hydrogens (tertiary/aromatic N) is 3. The highest BCUT2D eigenvalue weighted by Gasteiger charge is 2.11. The van der Waals surface area contributed by atoms with Gasteiger partial charge in [-0.25, -0.2) is 4.98 Å². The third-order valence-electron chi connectivity index (χ3n) is 4.57. The van der Waals surface area contributed by atoms with Crippen LogP contribution in [0.2, 0.25) is 0 Å². The maximum absolute atomic E-state index is 5.50. The largest absolute Gasteiger partial charge is 0.496 e.